The van der Waals surface area contributed by atoms with E-state index in [1.807, 2.05) is 106 Å². The molecular formula is C102H98F9N19O10S7. The van der Waals surface area contributed by atoms with Crippen molar-refractivity contribution in [3.8, 4) is 56.3 Å². The number of anilines is 6. The number of imidazole rings is 5. The van der Waals surface area contributed by atoms with Crippen molar-refractivity contribution >= 4 is 127 Å². The van der Waals surface area contributed by atoms with Crippen LogP contribution in [0.15, 0.2) is 317 Å². The number of alkyl halides is 9. The Kier molecular flexibility index (Phi) is 33.8. The summed E-state index contributed by atoms with van der Waals surface area (Å²) in [6, 6.07) is 55.9. The quantitative estimate of drug-likeness (QED) is 0.0261. The first kappa shape index (κ1) is 108. The largest absolute Gasteiger partial charge is 0.433 e. The molecule has 0 bridgehead atoms. The van der Waals surface area contributed by atoms with Crippen LogP contribution in [0.5, 0.6) is 0 Å². The normalized spacial score (nSPS) is 12.0. The van der Waals surface area contributed by atoms with Gasteiger partial charge in [-0.05, 0) is 187 Å². The fourth-order valence-electron chi connectivity index (χ4n) is 15.0. The van der Waals surface area contributed by atoms with Crippen LogP contribution in [-0.4, -0.2) is 140 Å². The lowest BCUT2D eigenvalue weighted by Gasteiger charge is -2.16. The standard InChI is InChI=1S/C24H21F3N4O2S.C20H20F3N3O2S.2C20H20N4O2S2.C18H17F3N4O2S/c1-2-34(32,33)19-9-10-21(30-23-11-8-18(13-28-23)24(25,26)27)20(12-19)22-15-31(16-29-22)14-17-6-4-3-5-7-17;1-3-29(27,28)15-8-9-18(16(10-15)19-12-26(2)13-25-19)24-11-14-6-4-5-7-17(14)20(21,22)23;1-21-28(25,26)16-7-6-15(17(10-16)19-11-24(2)12-22-19)5-3-14-4-8-20-18(9-14)23-13-27-20;1-3-28(25,26)15-5-7-17(16(9-15)19-11-24(2)12-22-19)21-10-14-4-6-18-20(8-14)27-13-23-18;1-3-28(26,27)13-5-6-15(14(8-13)16-10-25(2)11-23-16)24-12-4-7-17(22-9-12)18(19,20)21/h3-13,15-16H,2,14H2,1H3,(H,28,30);4-10,12-13,24H,3,11H2,1-2H3;4,6-13,21H,3,5H2,1-2H3;4-9,11-13,21H,3,10H2,1-2H3;4-11,24H,3H2,1-2H3. The number of rotatable bonds is 30. The third kappa shape index (κ3) is 27.6. The molecule has 147 heavy (non-hydrogen) atoms. The molecule has 766 valence electrons. The molecule has 0 amide bonds. The van der Waals surface area contributed by atoms with Gasteiger partial charge in [0.25, 0.3) is 0 Å². The summed E-state index contributed by atoms with van der Waals surface area (Å²) in [5, 5.41) is 12.4. The molecule has 5 N–H and O–H groups in total. The Morgan fingerprint density at radius 2 is 0.810 bits per heavy atom. The number of hydrogen-bond acceptors (Lipinski definition) is 25. The number of benzene rings is 9. The third-order valence-corrected chi connectivity index (χ3v) is 33.0. The SMILES string of the molecule is CCS(=O)(=O)c1ccc(NCc2ccc3ncsc3c2)c(-c2cn(C)cn2)c1.CCS(=O)(=O)c1ccc(NCc2ccccc2C(F)(F)F)c(-c2cn(C)cn2)c1.CCS(=O)(=O)c1ccc(Nc2ccc(C(F)(F)F)cn2)c(-c2cn(Cc3ccccc3)cn2)c1.CCS(=O)(=O)c1ccc(Nc2ccc(C(F)(F)F)nc2)c(-c2cn(C)cn2)c1.CNS(=O)(=O)c1ccc(CCc2ccc3scnc3c2)c(-c2cn(C)cn2)c1. The van der Waals surface area contributed by atoms with Gasteiger partial charge in [0.15, 0.2) is 39.3 Å². The van der Waals surface area contributed by atoms with Gasteiger partial charge < -0.3 is 44.1 Å². The Bertz CT molecular complexity index is 8130. The maximum absolute atomic E-state index is 13.2. The van der Waals surface area contributed by atoms with Crippen LogP contribution >= 0.6 is 22.7 Å². The zero-order chi connectivity index (χ0) is 106. The number of nitrogens with zero attached hydrogens (tertiary/aromatic N) is 14. The molecule has 29 nitrogen and oxygen atoms in total. The Morgan fingerprint density at radius 3 is 1.29 bits per heavy atom. The summed E-state index contributed by atoms with van der Waals surface area (Å²) >= 11 is 3.25. The molecule has 0 fully saturated rings. The zero-order valence-electron chi connectivity index (χ0n) is 80.2. The summed E-state index contributed by atoms with van der Waals surface area (Å²) in [6.07, 6.45) is 7.17. The van der Waals surface area contributed by atoms with Crippen LogP contribution in [0.3, 0.4) is 0 Å². The summed E-state index contributed by atoms with van der Waals surface area (Å²) in [7, 11) is -8.42. The number of sulfone groups is 4. The Hall–Kier alpha value is -14.6. The van der Waals surface area contributed by atoms with Gasteiger partial charge in [-0.1, -0.05) is 94.4 Å². The molecule has 0 atom stereocenters. The predicted octanol–water partition coefficient (Wildman–Crippen LogP) is 21.6. The second-order valence-electron chi connectivity index (χ2n) is 33.4. The van der Waals surface area contributed by atoms with E-state index >= 15 is 0 Å². The van der Waals surface area contributed by atoms with Crippen molar-refractivity contribution in [2.24, 2.45) is 28.2 Å². The summed E-state index contributed by atoms with van der Waals surface area (Å²) < 4.78 is 253. The molecule has 0 saturated heterocycles. The summed E-state index contributed by atoms with van der Waals surface area (Å²) in [5.41, 5.74) is 16.5. The van der Waals surface area contributed by atoms with Gasteiger partial charge in [0, 0.05) is 136 Å². The molecular weight excluding hydrogens is 2050 g/mol. The fraction of sp³-hybridized carbons (Fsp3) is 0.206. The summed E-state index contributed by atoms with van der Waals surface area (Å²) in [4.78, 5) is 38.7. The van der Waals surface area contributed by atoms with Gasteiger partial charge in [-0.25, -0.2) is 91.7 Å². The lowest BCUT2D eigenvalue weighted by atomic mass is 9.98. The number of thiazole rings is 2. The van der Waals surface area contributed by atoms with E-state index < -0.39 is 84.7 Å². The lowest BCUT2D eigenvalue weighted by molar-refractivity contribution is -0.141. The molecule has 18 rings (SSSR count). The smallest absolute Gasteiger partial charge is 0.380 e. The van der Waals surface area contributed by atoms with Crippen molar-refractivity contribution in [2.45, 2.75) is 103 Å². The minimum Gasteiger partial charge on any atom is -0.380 e. The van der Waals surface area contributed by atoms with Gasteiger partial charge in [-0.3, -0.25) is 0 Å². The van der Waals surface area contributed by atoms with Gasteiger partial charge in [0.05, 0.1) is 162 Å². The first-order chi connectivity index (χ1) is 69.8. The molecule has 0 spiro atoms. The lowest BCUT2D eigenvalue weighted by Crippen LogP contribution is -2.18. The minimum absolute atomic E-state index is 0.0513. The Balaban J connectivity index is 0.000000145. The molecule has 45 heteroatoms. The highest BCUT2D eigenvalue weighted by atomic mass is 32.2. The number of nitrogens with one attached hydrogen (secondary N) is 5. The highest BCUT2D eigenvalue weighted by Crippen LogP contribution is 2.41. The number of aromatic nitrogens is 14. The first-order valence-corrected chi connectivity index (χ1v) is 55.1. The van der Waals surface area contributed by atoms with Crippen molar-refractivity contribution in [3.05, 3.63) is 337 Å². The van der Waals surface area contributed by atoms with E-state index in [1.54, 1.807) is 172 Å². The molecule has 0 radical (unpaired) electrons. The second-order valence-corrected chi connectivity index (χ2v) is 46.1. The van der Waals surface area contributed by atoms with E-state index in [0.717, 1.165) is 104 Å². The number of fused-ring (bicyclic) bond motifs is 2. The molecule has 0 aliphatic rings. The molecule has 0 unspecified atom stereocenters. The number of pyridine rings is 2. The van der Waals surface area contributed by atoms with Gasteiger partial charge in [-0.2, -0.15) is 39.5 Å². The van der Waals surface area contributed by atoms with E-state index in [2.05, 4.69) is 95.1 Å². The number of hydrogen-bond donors (Lipinski definition) is 5. The Morgan fingerprint density at radius 1 is 0.347 bits per heavy atom. The van der Waals surface area contributed by atoms with Crippen LogP contribution in [0, 0.1) is 0 Å². The fourth-order valence-corrected chi connectivity index (χ4v) is 20.8. The van der Waals surface area contributed by atoms with Crippen molar-refractivity contribution in [3.63, 3.8) is 0 Å². The summed E-state index contributed by atoms with van der Waals surface area (Å²) in [6.45, 7) is 7.43. The molecule has 9 aromatic heterocycles. The zero-order valence-corrected chi connectivity index (χ0v) is 85.9. The van der Waals surface area contributed by atoms with E-state index in [-0.39, 0.29) is 60.5 Å². The topological polar surface area (TPSA) is 372 Å². The van der Waals surface area contributed by atoms with Gasteiger partial charge in [-0.15, -0.1) is 22.7 Å². The van der Waals surface area contributed by atoms with Crippen LogP contribution in [0.2, 0.25) is 0 Å². The third-order valence-electron chi connectivity index (χ3n) is 23.1. The van der Waals surface area contributed by atoms with E-state index in [9.17, 15) is 81.6 Å². The molecule has 18 aromatic rings. The van der Waals surface area contributed by atoms with E-state index in [0.29, 0.717) is 74.5 Å². The molecule has 9 heterocycles. The van der Waals surface area contributed by atoms with Gasteiger partial charge in [0.2, 0.25) is 10.0 Å². The average molecular weight is 2150 g/mol. The highest BCUT2D eigenvalue weighted by Gasteiger charge is 2.35. The van der Waals surface area contributed by atoms with E-state index in [4.69, 9.17) is 0 Å². The Labute approximate surface area is 850 Å². The molecule has 0 aliphatic carbocycles. The predicted molar refractivity (Wildman–Crippen MR) is 553 cm³/mol. The average Bonchev–Trinajstić information content (AvgIpc) is 1.76. The van der Waals surface area contributed by atoms with Crippen LogP contribution < -0.4 is 26.0 Å². The van der Waals surface area contributed by atoms with Crippen LogP contribution in [-0.2, 0) is 129 Å². The van der Waals surface area contributed by atoms with Crippen molar-refractivity contribution in [2.75, 3.05) is 51.3 Å². The molecule has 9 aromatic carbocycles. The van der Waals surface area contributed by atoms with Crippen molar-refractivity contribution in [1.29, 1.82) is 0 Å². The summed E-state index contributed by atoms with van der Waals surface area (Å²) in [5.74, 6) is 0.0763. The van der Waals surface area contributed by atoms with Crippen LogP contribution in [0.4, 0.5) is 73.8 Å². The highest BCUT2D eigenvalue weighted by molar-refractivity contribution is 7.92. The van der Waals surface area contributed by atoms with Gasteiger partial charge >= 0.3 is 18.5 Å². The van der Waals surface area contributed by atoms with Crippen LogP contribution in [0.1, 0.15) is 72.3 Å². The molecule has 0 aliphatic heterocycles. The minimum atomic E-state index is -4.52. The number of aryl methyl sites for hydroxylation is 6. The van der Waals surface area contributed by atoms with Crippen molar-refractivity contribution < 1.29 is 81.6 Å². The monoisotopic (exact) mass is 2140 g/mol. The first-order valence-electron chi connectivity index (χ1n) is 45.2. The second kappa shape index (κ2) is 46.0. The molecule has 0 saturated carbocycles. The number of sulfonamides is 1. The van der Waals surface area contributed by atoms with Crippen LogP contribution in [0.25, 0.3) is 76.7 Å². The van der Waals surface area contributed by atoms with Gasteiger partial charge in [0.1, 0.15) is 11.5 Å². The number of halogens is 9. The van der Waals surface area contributed by atoms with E-state index in [1.165, 1.54) is 78.0 Å². The maximum atomic E-state index is 13.2. The maximum Gasteiger partial charge on any atom is 0.433 e. The van der Waals surface area contributed by atoms with Crippen molar-refractivity contribution in [1.82, 2.24) is 72.4 Å².